The molecular formula is C10H20N2O2S2. The van der Waals surface area contributed by atoms with Crippen molar-refractivity contribution in [3.63, 3.8) is 0 Å². The quantitative estimate of drug-likeness (QED) is 0.593. The third-order valence-corrected chi connectivity index (χ3v) is 5.01. The van der Waals surface area contributed by atoms with Crippen molar-refractivity contribution in [3.05, 3.63) is 0 Å². The molecule has 1 saturated carbocycles. The molecule has 0 aromatic heterocycles. The van der Waals surface area contributed by atoms with Crippen LogP contribution in [0.4, 0.5) is 0 Å². The van der Waals surface area contributed by atoms with E-state index >= 15 is 0 Å². The zero-order valence-electron chi connectivity index (χ0n) is 9.66. The molecule has 0 unspecified atom stereocenters. The summed E-state index contributed by atoms with van der Waals surface area (Å²) in [5, 5.41) is 0. The lowest BCUT2D eigenvalue weighted by Crippen LogP contribution is -2.56. The molecule has 3 N–H and O–H groups in total. The van der Waals surface area contributed by atoms with Crippen LogP contribution >= 0.6 is 12.2 Å². The maximum atomic E-state index is 11.7. The Morgan fingerprint density at radius 3 is 2.19 bits per heavy atom. The highest BCUT2D eigenvalue weighted by Crippen LogP contribution is 2.28. The standard InChI is InChI=1S/C10H20N2O2S2/c1-2-16(13,14)12-10(9(11)15)7-5-3-4-6-8-10/h12H,2-8H2,1H3,(H2,11,15). The van der Waals surface area contributed by atoms with Crippen molar-refractivity contribution >= 4 is 27.2 Å². The van der Waals surface area contributed by atoms with Crippen molar-refractivity contribution in [2.75, 3.05) is 5.75 Å². The molecule has 6 heteroatoms. The first-order chi connectivity index (χ1) is 7.42. The Morgan fingerprint density at radius 1 is 1.31 bits per heavy atom. The summed E-state index contributed by atoms with van der Waals surface area (Å²) < 4.78 is 26.0. The molecule has 0 aromatic carbocycles. The molecule has 1 aliphatic carbocycles. The largest absolute Gasteiger partial charge is 0.392 e. The van der Waals surface area contributed by atoms with E-state index in [0.29, 0.717) is 0 Å². The van der Waals surface area contributed by atoms with E-state index in [9.17, 15) is 8.42 Å². The van der Waals surface area contributed by atoms with Gasteiger partial charge in [-0.1, -0.05) is 37.9 Å². The van der Waals surface area contributed by atoms with Gasteiger partial charge in [-0.3, -0.25) is 0 Å². The minimum absolute atomic E-state index is 0.0668. The highest BCUT2D eigenvalue weighted by molar-refractivity contribution is 7.89. The van der Waals surface area contributed by atoms with E-state index in [1.807, 2.05) is 0 Å². The number of hydrogen-bond donors (Lipinski definition) is 2. The topological polar surface area (TPSA) is 72.2 Å². The summed E-state index contributed by atoms with van der Waals surface area (Å²) in [6.07, 6.45) is 5.65. The number of rotatable bonds is 4. The predicted octanol–water partition coefficient (Wildman–Crippen LogP) is 1.30. The van der Waals surface area contributed by atoms with E-state index < -0.39 is 15.6 Å². The third kappa shape index (κ3) is 3.40. The molecule has 0 bridgehead atoms. The van der Waals surface area contributed by atoms with Gasteiger partial charge in [-0.2, -0.15) is 0 Å². The van der Waals surface area contributed by atoms with Crippen LogP contribution in [0.1, 0.15) is 45.4 Å². The number of sulfonamides is 1. The van der Waals surface area contributed by atoms with Crippen LogP contribution in [-0.2, 0) is 10.0 Å². The monoisotopic (exact) mass is 264 g/mol. The number of nitrogens with two attached hydrogens (primary N) is 1. The van der Waals surface area contributed by atoms with Gasteiger partial charge in [0.15, 0.2) is 0 Å². The summed E-state index contributed by atoms with van der Waals surface area (Å²) >= 11 is 5.05. The summed E-state index contributed by atoms with van der Waals surface area (Å²) in [4.78, 5) is 0.284. The SMILES string of the molecule is CCS(=O)(=O)NC1(C(N)=S)CCCCCC1. The molecule has 0 spiro atoms. The number of thiocarbonyl (C=S) groups is 1. The van der Waals surface area contributed by atoms with Crippen LogP contribution in [0.3, 0.4) is 0 Å². The van der Waals surface area contributed by atoms with E-state index in [1.54, 1.807) is 6.92 Å². The molecule has 0 aliphatic heterocycles. The molecule has 0 amide bonds. The Bertz CT molecular complexity index is 344. The minimum atomic E-state index is -3.26. The van der Waals surface area contributed by atoms with Gasteiger partial charge in [0.1, 0.15) is 0 Å². The Kier molecular flexibility index (Phi) is 4.70. The van der Waals surface area contributed by atoms with Gasteiger partial charge >= 0.3 is 0 Å². The van der Waals surface area contributed by atoms with Crippen molar-refractivity contribution in [3.8, 4) is 0 Å². The fourth-order valence-corrected chi connectivity index (χ4v) is 3.47. The summed E-state index contributed by atoms with van der Waals surface area (Å²) in [6.45, 7) is 1.62. The zero-order chi connectivity index (χ0) is 12.2. The molecule has 0 saturated heterocycles. The number of hydrogen-bond acceptors (Lipinski definition) is 3. The Morgan fingerprint density at radius 2 is 1.81 bits per heavy atom. The van der Waals surface area contributed by atoms with Crippen LogP contribution in [0.25, 0.3) is 0 Å². The van der Waals surface area contributed by atoms with Crippen LogP contribution in [0.5, 0.6) is 0 Å². The first-order valence-corrected chi connectivity index (χ1v) is 7.79. The van der Waals surface area contributed by atoms with Crippen LogP contribution in [0.15, 0.2) is 0 Å². The van der Waals surface area contributed by atoms with Gasteiger partial charge < -0.3 is 5.73 Å². The van der Waals surface area contributed by atoms with E-state index in [1.165, 1.54) is 0 Å². The average Bonchev–Trinajstić information content (AvgIpc) is 2.44. The molecule has 0 heterocycles. The predicted molar refractivity (Wildman–Crippen MR) is 69.8 cm³/mol. The lowest BCUT2D eigenvalue weighted by Gasteiger charge is -2.32. The zero-order valence-corrected chi connectivity index (χ0v) is 11.3. The lowest BCUT2D eigenvalue weighted by atomic mass is 9.91. The van der Waals surface area contributed by atoms with Gasteiger partial charge in [0, 0.05) is 0 Å². The second-order valence-electron chi connectivity index (χ2n) is 4.37. The molecule has 0 aromatic rings. The molecule has 1 aliphatic rings. The van der Waals surface area contributed by atoms with E-state index in [4.69, 9.17) is 18.0 Å². The van der Waals surface area contributed by atoms with Gasteiger partial charge in [0.2, 0.25) is 10.0 Å². The highest BCUT2D eigenvalue weighted by Gasteiger charge is 2.37. The highest BCUT2D eigenvalue weighted by atomic mass is 32.2. The van der Waals surface area contributed by atoms with E-state index in [2.05, 4.69) is 4.72 Å². The van der Waals surface area contributed by atoms with Crippen molar-refractivity contribution < 1.29 is 8.42 Å². The third-order valence-electron chi connectivity index (χ3n) is 3.16. The molecule has 16 heavy (non-hydrogen) atoms. The lowest BCUT2D eigenvalue weighted by molar-refractivity contribution is 0.441. The van der Waals surface area contributed by atoms with Crippen LogP contribution in [0, 0.1) is 0 Å². The molecule has 0 radical (unpaired) electrons. The first kappa shape index (κ1) is 13.9. The van der Waals surface area contributed by atoms with Gasteiger partial charge in [-0.05, 0) is 19.8 Å². The van der Waals surface area contributed by atoms with Crippen molar-refractivity contribution in [1.29, 1.82) is 0 Å². The average molecular weight is 264 g/mol. The molecule has 94 valence electrons. The maximum Gasteiger partial charge on any atom is 0.212 e. The van der Waals surface area contributed by atoms with Gasteiger partial charge in [-0.15, -0.1) is 0 Å². The van der Waals surface area contributed by atoms with E-state index in [-0.39, 0.29) is 10.7 Å². The number of nitrogens with one attached hydrogen (secondary N) is 1. The van der Waals surface area contributed by atoms with Crippen molar-refractivity contribution in [2.24, 2.45) is 5.73 Å². The van der Waals surface area contributed by atoms with Crippen LogP contribution in [-0.4, -0.2) is 24.7 Å². The van der Waals surface area contributed by atoms with Crippen molar-refractivity contribution in [2.45, 2.75) is 51.0 Å². The maximum absolute atomic E-state index is 11.7. The molecule has 0 atom stereocenters. The van der Waals surface area contributed by atoms with Crippen LogP contribution < -0.4 is 10.5 Å². The first-order valence-electron chi connectivity index (χ1n) is 5.73. The van der Waals surface area contributed by atoms with Gasteiger partial charge in [0.05, 0.1) is 16.3 Å². The fourth-order valence-electron chi connectivity index (χ4n) is 2.10. The summed E-state index contributed by atoms with van der Waals surface area (Å²) in [5.74, 6) is 0.0668. The Hall–Kier alpha value is -0.200. The van der Waals surface area contributed by atoms with Gasteiger partial charge in [0.25, 0.3) is 0 Å². The van der Waals surface area contributed by atoms with E-state index in [0.717, 1.165) is 38.5 Å². The molecule has 1 rings (SSSR count). The summed E-state index contributed by atoms with van der Waals surface area (Å²) in [6, 6.07) is 0. The second kappa shape index (κ2) is 5.42. The Labute approximate surface area is 103 Å². The molecule has 1 fully saturated rings. The van der Waals surface area contributed by atoms with Gasteiger partial charge in [-0.25, -0.2) is 13.1 Å². The summed E-state index contributed by atoms with van der Waals surface area (Å²) in [5.41, 5.74) is 5.06. The Balaban J connectivity index is 2.91. The fraction of sp³-hybridized carbons (Fsp3) is 0.900. The van der Waals surface area contributed by atoms with Crippen LogP contribution in [0.2, 0.25) is 0 Å². The molecular weight excluding hydrogens is 244 g/mol. The summed E-state index contributed by atoms with van der Waals surface area (Å²) in [7, 11) is -3.26. The molecule has 4 nitrogen and oxygen atoms in total. The second-order valence-corrected chi connectivity index (χ2v) is 6.82. The minimum Gasteiger partial charge on any atom is -0.392 e. The smallest absolute Gasteiger partial charge is 0.212 e. The normalized spacial score (nSPS) is 21.3. The van der Waals surface area contributed by atoms with Crippen molar-refractivity contribution in [1.82, 2.24) is 4.72 Å².